The highest BCUT2D eigenvalue weighted by Gasteiger charge is 2.36. The highest BCUT2D eigenvalue weighted by atomic mass is 16.7. The Morgan fingerprint density at radius 3 is 2.45 bits per heavy atom. The predicted molar refractivity (Wildman–Crippen MR) is 151 cm³/mol. The molecule has 6 rings (SSSR count). The van der Waals surface area contributed by atoms with Crippen molar-refractivity contribution in [3.05, 3.63) is 83.4 Å². The zero-order chi connectivity index (χ0) is 27.5. The van der Waals surface area contributed by atoms with Crippen LogP contribution in [0.15, 0.2) is 71.8 Å². The Kier molecular flexibility index (Phi) is 7.57. The van der Waals surface area contributed by atoms with Crippen molar-refractivity contribution in [1.82, 2.24) is 14.8 Å². The standard InChI is InChI=1S/C31H34N4O5/c1-37-24-9-10-25(29(17-24)38-2)26-18-27(23-8-11-28-30(16-23)40-21-39-28)35(32-26)31(36)20-34-14-12-33(13-15-34)19-22-6-4-3-5-7-22/h3-11,16-17,27H,12-15,18-21H2,1-2H3/t27-/m1/s1. The molecule has 0 saturated carbocycles. The summed E-state index contributed by atoms with van der Waals surface area (Å²) in [5.74, 6) is 2.74. The molecular formula is C31H34N4O5. The average molecular weight is 543 g/mol. The quantitative estimate of drug-likeness (QED) is 0.427. The summed E-state index contributed by atoms with van der Waals surface area (Å²) in [6.45, 7) is 4.97. The molecule has 9 nitrogen and oxygen atoms in total. The number of carbonyl (C=O) groups excluding carboxylic acids is 1. The van der Waals surface area contributed by atoms with E-state index in [1.807, 2.05) is 42.5 Å². The second-order valence-corrected chi connectivity index (χ2v) is 10.2. The summed E-state index contributed by atoms with van der Waals surface area (Å²) in [6, 6.07) is 21.8. The fraction of sp³-hybridized carbons (Fsp3) is 0.355. The number of hydrogen-bond acceptors (Lipinski definition) is 8. The minimum atomic E-state index is -0.261. The van der Waals surface area contributed by atoms with Gasteiger partial charge in [-0.15, -0.1) is 0 Å². The van der Waals surface area contributed by atoms with Crippen LogP contribution in [0.3, 0.4) is 0 Å². The molecule has 40 heavy (non-hydrogen) atoms. The molecule has 0 N–H and O–H groups in total. The van der Waals surface area contributed by atoms with Gasteiger partial charge in [0.05, 0.1) is 32.5 Å². The molecule has 0 aliphatic carbocycles. The van der Waals surface area contributed by atoms with Gasteiger partial charge in [0.15, 0.2) is 11.5 Å². The number of rotatable bonds is 8. The minimum absolute atomic E-state index is 0.0262. The maximum atomic E-state index is 13.8. The first kappa shape index (κ1) is 26.2. The Morgan fingerprint density at radius 1 is 0.900 bits per heavy atom. The molecule has 1 amide bonds. The molecule has 0 radical (unpaired) electrons. The summed E-state index contributed by atoms with van der Waals surface area (Å²) >= 11 is 0. The summed E-state index contributed by atoms with van der Waals surface area (Å²) in [5, 5.41) is 6.53. The first-order chi connectivity index (χ1) is 19.6. The second kappa shape index (κ2) is 11.6. The van der Waals surface area contributed by atoms with E-state index in [2.05, 4.69) is 34.1 Å². The van der Waals surface area contributed by atoms with Gasteiger partial charge in [-0.2, -0.15) is 5.10 Å². The second-order valence-electron chi connectivity index (χ2n) is 10.2. The molecule has 1 saturated heterocycles. The van der Waals surface area contributed by atoms with Gasteiger partial charge in [0.25, 0.3) is 5.91 Å². The van der Waals surface area contributed by atoms with E-state index in [4.69, 9.17) is 24.0 Å². The van der Waals surface area contributed by atoms with Crippen molar-refractivity contribution in [2.45, 2.75) is 19.0 Å². The van der Waals surface area contributed by atoms with Crippen LogP contribution < -0.4 is 18.9 Å². The molecule has 3 aliphatic rings. The molecule has 3 heterocycles. The Balaban J connectivity index is 1.20. The fourth-order valence-corrected chi connectivity index (χ4v) is 5.53. The van der Waals surface area contributed by atoms with Crippen molar-refractivity contribution in [1.29, 1.82) is 0 Å². The topological polar surface area (TPSA) is 76.1 Å². The van der Waals surface area contributed by atoms with Crippen LogP contribution in [-0.2, 0) is 11.3 Å². The molecule has 9 heteroatoms. The monoisotopic (exact) mass is 542 g/mol. The van der Waals surface area contributed by atoms with Crippen LogP contribution >= 0.6 is 0 Å². The first-order valence-corrected chi connectivity index (χ1v) is 13.6. The molecule has 0 bridgehead atoms. The summed E-state index contributed by atoms with van der Waals surface area (Å²) in [4.78, 5) is 18.5. The molecule has 1 atom stereocenters. The lowest BCUT2D eigenvalue weighted by atomic mass is 9.97. The van der Waals surface area contributed by atoms with Gasteiger partial charge in [-0.3, -0.25) is 14.6 Å². The predicted octanol–water partition coefficient (Wildman–Crippen LogP) is 3.93. The maximum Gasteiger partial charge on any atom is 0.257 e. The SMILES string of the molecule is COc1ccc(C2=NN(C(=O)CN3CCN(Cc4ccccc4)CC3)[C@@H](c3ccc4c(c3)OCO4)C2)c(OC)c1. The van der Waals surface area contributed by atoms with Gasteiger partial charge in [0, 0.05) is 50.8 Å². The largest absolute Gasteiger partial charge is 0.497 e. The Hall–Kier alpha value is -4.08. The van der Waals surface area contributed by atoms with E-state index >= 15 is 0 Å². The first-order valence-electron chi connectivity index (χ1n) is 13.6. The zero-order valence-electron chi connectivity index (χ0n) is 22.9. The highest BCUT2D eigenvalue weighted by molar-refractivity contribution is 6.05. The van der Waals surface area contributed by atoms with Crippen LogP contribution in [0.2, 0.25) is 0 Å². The van der Waals surface area contributed by atoms with Gasteiger partial charge >= 0.3 is 0 Å². The number of ether oxygens (including phenoxy) is 4. The zero-order valence-corrected chi connectivity index (χ0v) is 22.9. The summed E-state index contributed by atoms with van der Waals surface area (Å²) in [5.41, 5.74) is 3.91. The van der Waals surface area contributed by atoms with Crippen molar-refractivity contribution < 1.29 is 23.7 Å². The Morgan fingerprint density at radius 2 is 1.68 bits per heavy atom. The number of benzene rings is 3. The highest BCUT2D eigenvalue weighted by Crippen LogP contribution is 2.40. The number of hydrogen-bond donors (Lipinski definition) is 0. The van der Waals surface area contributed by atoms with Crippen molar-refractivity contribution in [3.8, 4) is 23.0 Å². The number of methoxy groups -OCH3 is 2. The molecule has 3 aromatic rings. The van der Waals surface area contributed by atoms with E-state index < -0.39 is 0 Å². The lowest BCUT2D eigenvalue weighted by Crippen LogP contribution is -2.49. The van der Waals surface area contributed by atoms with Crippen LogP contribution in [0.4, 0.5) is 0 Å². The van der Waals surface area contributed by atoms with Crippen molar-refractivity contribution in [2.24, 2.45) is 5.10 Å². The number of piperazine rings is 1. The lowest BCUT2D eigenvalue weighted by Gasteiger charge is -2.35. The number of hydrazone groups is 1. The number of fused-ring (bicyclic) bond motifs is 1. The van der Waals surface area contributed by atoms with Crippen LogP contribution in [0.25, 0.3) is 0 Å². The lowest BCUT2D eigenvalue weighted by molar-refractivity contribution is -0.134. The van der Waals surface area contributed by atoms with Gasteiger partial charge in [-0.1, -0.05) is 36.4 Å². The maximum absolute atomic E-state index is 13.8. The van der Waals surface area contributed by atoms with E-state index in [-0.39, 0.29) is 18.7 Å². The van der Waals surface area contributed by atoms with E-state index in [9.17, 15) is 4.79 Å². The smallest absolute Gasteiger partial charge is 0.257 e. The summed E-state index contributed by atoms with van der Waals surface area (Å²) < 4.78 is 22.2. The van der Waals surface area contributed by atoms with Crippen LogP contribution in [0.1, 0.15) is 29.2 Å². The Bertz CT molecular complexity index is 1390. The molecule has 3 aliphatic heterocycles. The van der Waals surface area contributed by atoms with Crippen LogP contribution in [0, 0.1) is 0 Å². The average Bonchev–Trinajstić information content (AvgIpc) is 3.66. The molecule has 0 aromatic heterocycles. The summed E-state index contributed by atoms with van der Waals surface area (Å²) in [6.07, 6.45) is 0.554. The Labute approximate surface area is 234 Å². The third-order valence-corrected chi connectivity index (χ3v) is 7.74. The summed E-state index contributed by atoms with van der Waals surface area (Å²) in [7, 11) is 3.25. The van der Waals surface area contributed by atoms with Crippen LogP contribution in [0.5, 0.6) is 23.0 Å². The third-order valence-electron chi connectivity index (χ3n) is 7.74. The molecule has 3 aromatic carbocycles. The third kappa shape index (κ3) is 5.48. The number of amides is 1. The molecule has 0 spiro atoms. The van der Waals surface area contributed by atoms with Crippen molar-refractivity contribution >= 4 is 11.6 Å². The molecule has 0 unspecified atom stereocenters. The number of nitrogens with zero attached hydrogens (tertiary/aromatic N) is 4. The van der Waals surface area contributed by atoms with Gasteiger partial charge in [-0.25, -0.2) is 5.01 Å². The van der Waals surface area contributed by atoms with E-state index in [1.54, 1.807) is 19.2 Å². The van der Waals surface area contributed by atoms with Crippen molar-refractivity contribution in [3.63, 3.8) is 0 Å². The van der Waals surface area contributed by atoms with Gasteiger partial charge in [0.2, 0.25) is 6.79 Å². The molecule has 1 fully saturated rings. The minimum Gasteiger partial charge on any atom is -0.497 e. The van der Waals surface area contributed by atoms with Crippen molar-refractivity contribution in [2.75, 3.05) is 53.7 Å². The van der Waals surface area contributed by atoms with E-state index in [0.29, 0.717) is 36.0 Å². The van der Waals surface area contributed by atoms with Gasteiger partial charge < -0.3 is 18.9 Å². The van der Waals surface area contributed by atoms with E-state index in [0.717, 1.165) is 49.6 Å². The molecular weight excluding hydrogens is 508 g/mol. The van der Waals surface area contributed by atoms with Gasteiger partial charge in [-0.05, 0) is 35.4 Å². The fourth-order valence-electron chi connectivity index (χ4n) is 5.53. The van der Waals surface area contributed by atoms with Gasteiger partial charge in [0.1, 0.15) is 11.5 Å². The normalized spacial score (nSPS) is 19.0. The van der Waals surface area contributed by atoms with E-state index in [1.165, 1.54) is 5.56 Å². The number of carbonyl (C=O) groups is 1. The molecule has 208 valence electrons. The van der Waals surface area contributed by atoms with Crippen LogP contribution in [-0.4, -0.2) is 80.2 Å².